The molecule has 1 fully saturated rings. The Bertz CT molecular complexity index is 1030. The molecule has 0 aliphatic heterocycles. The summed E-state index contributed by atoms with van der Waals surface area (Å²) in [4.78, 5) is 0. The molecule has 37 heavy (non-hydrogen) atoms. The molecule has 2 aliphatic rings. The minimum atomic E-state index is -4.49. The molecule has 204 valence electrons. The first-order valence-electron chi connectivity index (χ1n) is 12.9. The van der Waals surface area contributed by atoms with Crippen LogP contribution in [-0.4, -0.2) is 27.5 Å². The van der Waals surface area contributed by atoms with Gasteiger partial charge in [0.15, 0.2) is 0 Å². The zero-order valence-corrected chi connectivity index (χ0v) is 22.9. The van der Waals surface area contributed by atoms with E-state index in [0.29, 0.717) is 18.5 Å². The normalized spacial score (nSPS) is 19.3. The van der Waals surface area contributed by atoms with Crippen LogP contribution in [0.4, 0.5) is 13.2 Å². The molecule has 1 aromatic rings. The van der Waals surface area contributed by atoms with Crippen LogP contribution in [0.1, 0.15) is 71.4 Å². The van der Waals surface area contributed by atoms with Crippen LogP contribution < -0.4 is 14.2 Å². The smallest absolute Gasteiger partial charge is 0.415 e. The van der Waals surface area contributed by atoms with Crippen LogP contribution in [0.25, 0.3) is 5.57 Å². The number of alkyl halides is 3. The second kappa shape index (κ2) is 13.0. The molecule has 0 saturated heterocycles. The van der Waals surface area contributed by atoms with Crippen molar-refractivity contribution in [2.45, 2.75) is 90.0 Å². The molecule has 0 aromatic carbocycles. The highest BCUT2D eigenvalue weighted by atomic mass is 32.2. The maximum absolute atomic E-state index is 12.7. The summed E-state index contributed by atoms with van der Waals surface area (Å²) in [6.07, 6.45) is 11.9. The van der Waals surface area contributed by atoms with Gasteiger partial charge in [-0.1, -0.05) is 57.6 Å². The number of aryl methyl sites for hydroxylation is 1. The summed E-state index contributed by atoms with van der Waals surface area (Å²) >= 11 is 1.60. The molecule has 0 spiro atoms. The number of aromatic nitrogens is 2. The van der Waals surface area contributed by atoms with Gasteiger partial charge >= 0.3 is 6.18 Å². The molecule has 3 rings (SSSR count). The SMILES string of the molecule is C=C(/C=C\C(=C)C(F)(F)F)Oc1cc(C2=CC=CC(C(C)(C)NSNC3CCCCC3)C2)nn1CCC. The Balaban J connectivity index is 1.64. The Labute approximate surface area is 223 Å². The fourth-order valence-corrected chi connectivity index (χ4v) is 5.25. The molecule has 1 atom stereocenters. The van der Waals surface area contributed by atoms with E-state index in [4.69, 9.17) is 9.84 Å². The molecule has 0 amide bonds. The van der Waals surface area contributed by atoms with Gasteiger partial charge in [-0.2, -0.15) is 18.3 Å². The summed E-state index contributed by atoms with van der Waals surface area (Å²) < 4.78 is 52.8. The van der Waals surface area contributed by atoms with E-state index in [2.05, 4.69) is 54.7 Å². The number of hydrogen-bond acceptors (Lipinski definition) is 5. The van der Waals surface area contributed by atoms with Gasteiger partial charge in [-0.15, -0.1) is 0 Å². The quantitative estimate of drug-likeness (QED) is 0.163. The number of halogens is 3. The van der Waals surface area contributed by atoms with Crippen molar-refractivity contribution in [3.8, 4) is 5.88 Å². The minimum absolute atomic E-state index is 0.0809. The summed E-state index contributed by atoms with van der Waals surface area (Å²) in [7, 11) is 0. The first kappa shape index (κ1) is 29.3. The maximum Gasteiger partial charge on any atom is 0.415 e. The summed E-state index contributed by atoms with van der Waals surface area (Å²) in [6.45, 7) is 13.8. The molecule has 9 heteroatoms. The zero-order chi connectivity index (χ0) is 27.1. The van der Waals surface area contributed by atoms with Crippen molar-refractivity contribution in [3.63, 3.8) is 0 Å². The molecule has 1 saturated carbocycles. The Morgan fingerprint density at radius 3 is 2.62 bits per heavy atom. The van der Waals surface area contributed by atoms with E-state index >= 15 is 0 Å². The molecule has 0 radical (unpaired) electrons. The lowest BCUT2D eigenvalue weighted by molar-refractivity contribution is -0.0878. The van der Waals surface area contributed by atoms with Gasteiger partial charge in [0, 0.05) is 41.9 Å². The Kier molecular flexibility index (Phi) is 10.3. The molecule has 2 aliphatic carbocycles. The Morgan fingerprint density at radius 1 is 1.22 bits per heavy atom. The minimum Gasteiger partial charge on any atom is -0.440 e. The predicted octanol–water partition coefficient (Wildman–Crippen LogP) is 7.67. The third-order valence-corrected chi connectivity index (χ3v) is 7.81. The van der Waals surface area contributed by atoms with E-state index in [1.807, 2.05) is 13.0 Å². The standard InChI is InChI=1S/C28H39F3N4OS/c1-6-17-35-26(36-21(3)16-15-20(2)28(29,30)31)19-25(32-35)22-11-10-12-23(18-22)27(4,5)34-37-33-24-13-8-7-9-14-24/h10-12,15-16,19,23-24,33-34H,2-3,6-9,13-14,17-18H2,1,4-5H3/b16-15-. The van der Waals surface area contributed by atoms with Gasteiger partial charge in [-0.05, 0) is 63.2 Å². The number of allylic oxidation sites excluding steroid dienone is 6. The Hall–Kier alpha value is -2.23. The van der Waals surface area contributed by atoms with Crippen molar-refractivity contribution in [3.05, 3.63) is 66.6 Å². The van der Waals surface area contributed by atoms with Crippen LogP contribution in [0.15, 0.2) is 60.9 Å². The van der Waals surface area contributed by atoms with Gasteiger partial charge in [0.25, 0.3) is 0 Å². The van der Waals surface area contributed by atoms with E-state index < -0.39 is 11.7 Å². The average Bonchev–Trinajstić information content (AvgIpc) is 3.25. The largest absolute Gasteiger partial charge is 0.440 e. The first-order chi connectivity index (χ1) is 17.5. The fourth-order valence-electron chi connectivity index (χ4n) is 4.37. The van der Waals surface area contributed by atoms with E-state index in [1.54, 1.807) is 16.8 Å². The monoisotopic (exact) mass is 536 g/mol. The second-order valence-corrected chi connectivity index (χ2v) is 10.9. The van der Waals surface area contributed by atoms with Gasteiger partial charge in [-0.3, -0.25) is 0 Å². The zero-order valence-electron chi connectivity index (χ0n) is 22.0. The van der Waals surface area contributed by atoms with Crippen LogP contribution in [0.5, 0.6) is 5.88 Å². The molecule has 0 bridgehead atoms. The topological polar surface area (TPSA) is 51.1 Å². The molecular weight excluding hydrogens is 497 g/mol. The predicted molar refractivity (Wildman–Crippen MR) is 147 cm³/mol. The van der Waals surface area contributed by atoms with Gasteiger partial charge in [0.05, 0.1) is 5.69 Å². The van der Waals surface area contributed by atoms with Crippen LogP contribution in [-0.2, 0) is 6.54 Å². The molecule has 5 nitrogen and oxygen atoms in total. The highest BCUT2D eigenvalue weighted by Crippen LogP contribution is 2.35. The summed E-state index contributed by atoms with van der Waals surface area (Å²) in [6, 6.07) is 2.39. The van der Waals surface area contributed by atoms with Gasteiger partial charge < -0.3 is 4.74 Å². The molecule has 1 aromatic heterocycles. The number of ether oxygens (including phenoxy) is 1. The molecule has 2 N–H and O–H groups in total. The van der Waals surface area contributed by atoms with Crippen molar-refractivity contribution in [2.24, 2.45) is 5.92 Å². The van der Waals surface area contributed by atoms with Crippen molar-refractivity contribution in [1.29, 1.82) is 0 Å². The first-order valence-corrected chi connectivity index (χ1v) is 13.8. The fraction of sp³-hybridized carbons (Fsp3) is 0.536. The van der Waals surface area contributed by atoms with Crippen molar-refractivity contribution >= 4 is 17.7 Å². The van der Waals surface area contributed by atoms with E-state index in [0.717, 1.165) is 30.2 Å². The van der Waals surface area contributed by atoms with E-state index in [9.17, 15) is 13.2 Å². The number of nitrogens with zero attached hydrogens (tertiary/aromatic N) is 2. The third-order valence-electron chi connectivity index (χ3n) is 6.73. The molecule has 1 unspecified atom stereocenters. The van der Waals surface area contributed by atoms with E-state index in [1.165, 1.54) is 38.2 Å². The van der Waals surface area contributed by atoms with Crippen molar-refractivity contribution < 1.29 is 17.9 Å². The number of hydrogen-bond donors (Lipinski definition) is 2. The lowest BCUT2D eigenvalue weighted by atomic mass is 9.80. The van der Waals surface area contributed by atoms with Crippen LogP contribution >= 0.6 is 12.1 Å². The summed E-state index contributed by atoms with van der Waals surface area (Å²) in [5.74, 6) is 0.776. The van der Waals surface area contributed by atoms with Crippen molar-refractivity contribution in [2.75, 3.05) is 0 Å². The van der Waals surface area contributed by atoms with Crippen LogP contribution in [0.2, 0.25) is 0 Å². The lowest BCUT2D eigenvalue weighted by Gasteiger charge is -2.35. The summed E-state index contributed by atoms with van der Waals surface area (Å²) in [5, 5.41) is 4.74. The lowest BCUT2D eigenvalue weighted by Crippen LogP contribution is -2.44. The highest BCUT2D eigenvalue weighted by molar-refractivity contribution is 7.95. The third kappa shape index (κ3) is 8.65. The number of nitrogens with one attached hydrogen (secondary N) is 2. The molecule has 1 heterocycles. The number of rotatable bonds is 12. The van der Waals surface area contributed by atoms with Crippen molar-refractivity contribution in [1.82, 2.24) is 19.2 Å². The van der Waals surface area contributed by atoms with E-state index in [-0.39, 0.29) is 17.2 Å². The van der Waals surface area contributed by atoms with Crippen LogP contribution in [0, 0.1) is 5.92 Å². The second-order valence-electron chi connectivity index (χ2n) is 10.3. The Morgan fingerprint density at radius 2 is 1.95 bits per heavy atom. The van der Waals surface area contributed by atoms with Gasteiger partial charge in [0.1, 0.15) is 5.76 Å². The molecular formula is C28H39F3N4OS. The van der Waals surface area contributed by atoms with Crippen LogP contribution in [0.3, 0.4) is 0 Å². The van der Waals surface area contributed by atoms with Gasteiger partial charge in [-0.25, -0.2) is 14.1 Å². The average molecular weight is 537 g/mol. The summed E-state index contributed by atoms with van der Waals surface area (Å²) in [5.41, 5.74) is 0.749. The maximum atomic E-state index is 12.7. The highest BCUT2D eigenvalue weighted by Gasteiger charge is 2.31. The van der Waals surface area contributed by atoms with Gasteiger partial charge in [0.2, 0.25) is 5.88 Å².